The Morgan fingerprint density at radius 2 is 2.21 bits per heavy atom. The summed E-state index contributed by atoms with van der Waals surface area (Å²) in [6.45, 7) is 4.47. The highest BCUT2D eigenvalue weighted by atomic mass is 79.9. The van der Waals surface area contributed by atoms with Crippen molar-refractivity contribution in [3.05, 3.63) is 33.3 Å². The van der Waals surface area contributed by atoms with E-state index in [0.29, 0.717) is 6.04 Å². The van der Waals surface area contributed by atoms with Crippen LogP contribution in [0.25, 0.3) is 0 Å². The second-order valence-corrected chi connectivity index (χ2v) is 6.58. The van der Waals surface area contributed by atoms with Gasteiger partial charge in [-0.25, -0.2) is 0 Å². The molecule has 0 spiro atoms. The molecule has 2 nitrogen and oxygen atoms in total. The van der Waals surface area contributed by atoms with Gasteiger partial charge < -0.3 is 5.73 Å². The summed E-state index contributed by atoms with van der Waals surface area (Å²) in [5.74, 6) is 0. The third-order valence-corrected chi connectivity index (χ3v) is 5.06. The molecular formula is C15H22BrClN2. The van der Waals surface area contributed by atoms with E-state index in [0.717, 1.165) is 35.4 Å². The lowest BCUT2D eigenvalue weighted by Crippen LogP contribution is -2.40. The summed E-state index contributed by atoms with van der Waals surface area (Å²) >= 11 is 9.69. The molecule has 4 heteroatoms. The van der Waals surface area contributed by atoms with E-state index in [9.17, 15) is 0 Å². The number of nitrogens with two attached hydrogens (primary N) is 1. The molecule has 1 fully saturated rings. The number of hydrogen-bond donors (Lipinski definition) is 1. The average Bonchev–Trinajstić information content (AvgIpc) is 2.56. The van der Waals surface area contributed by atoms with Gasteiger partial charge in [-0.1, -0.05) is 31.0 Å². The third kappa shape index (κ3) is 3.72. The van der Waals surface area contributed by atoms with Crippen molar-refractivity contribution in [3.8, 4) is 0 Å². The van der Waals surface area contributed by atoms with Crippen molar-refractivity contribution in [3.63, 3.8) is 0 Å². The van der Waals surface area contributed by atoms with Crippen LogP contribution in [0.15, 0.2) is 22.7 Å². The molecule has 0 bridgehead atoms. The minimum atomic E-state index is 0.200. The number of benzene rings is 1. The van der Waals surface area contributed by atoms with E-state index in [4.69, 9.17) is 17.3 Å². The van der Waals surface area contributed by atoms with Crippen LogP contribution in [0.3, 0.4) is 0 Å². The number of hydrogen-bond acceptors (Lipinski definition) is 2. The van der Waals surface area contributed by atoms with Gasteiger partial charge in [0, 0.05) is 16.6 Å². The fourth-order valence-electron chi connectivity index (χ4n) is 2.96. The molecule has 2 rings (SSSR count). The Bertz CT molecular complexity index is 425. The average molecular weight is 346 g/mol. The van der Waals surface area contributed by atoms with E-state index in [1.165, 1.54) is 18.4 Å². The lowest BCUT2D eigenvalue weighted by molar-refractivity contribution is 0.186. The topological polar surface area (TPSA) is 29.3 Å². The molecule has 0 aromatic heterocycles. The number of nitrogens with zero attached hydrogens (tertiary/aromatic N) is 1. The predicted molar refractivity (Wildman–Crippen MR) is 85.6 cm³/mol. The summed E-state index contributed by atoms with van der Waals surface area (Å²) in [4.78, 5) is 2.53. The number of halogens is 2. The maximum Gasteiger partial charge on any atom is 0.0551 e. The first kappa shape index (κ1) is 15.3. The molecule has 1 aromatic rings. The van der Waals surface area contributed by atoms with Gasteiger partial charge in [-0.3, -0.25) is 4.90 Å². The van der Waals surface area contributed by atoms with Gasteiger partial charge in [-0.05, 0) is 66.0 Å². The molecule has 19 heavy (non-hydrogen) atoms. The van der Waals surface area contributed by atoms with Crippen LogP contribution >= 0.6 is 27.5 Å². The van der Waals surface area contributed by atoms with E-state index in [2.05, 4.69) is 39.9 Å². The standard InChI is InChI=1S/C15H22BrClN2/c1-2-8-19-9-4-3-5-14(18)15(19)11-6-7-12(16)13(17)10-11/h6-7,10,14-15H,2-5,8-9,18H2,1H3. The quantitative estimate of drug-likeness (QED) is 0.881. The Morgan fingerprint density at radius 1 is 1.42 bits per heavy atom. The molecule has 2 atom stereocenters. The molecule has 106 valence electrons. The Balaban J connectivity index is 2.31. The molecule has 1 heterocycles. The molecule has 0 amide bonds. The van der Waals surface area contributed by atoms with E-state index >= 15 is 0 Å². The summed E-state index contributed by atoms with van der Waals surface area (Å²) in [6.07, 6.45) is 4.72. The summed E-state index contributed by atoms with van der Waals surface area (Å²) in [5, 5.41) is 0.769. The zero-order valence-electron chi connectivity index (χ0n) is 11.4. The first-order chi connectivity index (χ1) is 9.13. The van der Waals surface area contributed by atoms with Crippen LogP contribution in [0.1, 0.15) is 44.2 Å². The van der Waals surface area contributed by atoms with Crippen LogP contribution in [-0.4, -0.2) is 24.0 Å². The van der Waals surface area contributed by atoms with Gasteiger partial charge in [0.25, 0.3) is 0 Å². The van der Waals surface area contributed by atoms with Crippen molar-refractivity contribution in [1.29, 1.82) is 0 Å². The van der Waals surface area contributed by atoms with Gasteiger partial charge in [-0.2, -0.15) is 0 Å². The monoisotopic (exact) mass is 344 g/mol. The lowest BCUT2D eigenvalue weighted by Gasteiger charge is -2.33. The Morgan fingerprint density at radius 3 is 2.89 bits per heavy atom. The van der Waals surface area contributed by atoms with Crippen LogP contribution in [0.4, 0.5) is 0 Å². The highest BCUT2D eigenvalue weighted by molar-refractivity contribution is 9.10. The van der Waals surface area contributed by atoms with Gasteiger partial charge in [0.1, 0.15) is 0 Å². The minimum Gasteiger partial charge on any atom is -0.326 e. The summed E-state index contributed by atoms with van der Waals surface area (Å²) in [6, 6.07) is 6.73. The molecule has 2 N–H and O–H groups in total. The van der Waals surface area contributed by atoms with E-state index in [-0.39, 0.29) is 6.04 Å². The zero-order valence-corrected chi connectivity index (χ0v) is 13.8. The van der Waals surface area contributed by atoms with E-state index in [1.54, 1.807) is 0 Å². The normalized spacial score (nSPS) is 25.3. The minimum absolute atomic E-state index is 0.200. The number of rotatable bonds is 3. The van der Waals surface area contributed by atoms with Gasteiger partial charge in [0.2, 0.25) is 0 Å². The fourth-order valence-corrected chi connectivity index (χ4v) is 3.39. The third-order valence-electron chi connectivity index (χ3n) is 3.83. The second kappa shape index (κ2) is 7.07. The fraction of sp³-hybridized carbons (Fsp3) is 0.600. The van der Waals surface area contributed by atoms with Crippen LogP contribution in [0.5, 0.6) is 0 Å². The Kier molecular flexibility index (Phi) is 5.70. The van der Waals surface area contributed by atoms with Crippen molar-refractivity contribution in [2.75, 3.05) is 13.1 Å². The highest BCUT2D eigenvalue weighted by Crippen LogP contribution is 2.33. The smallest absolute Gasteiger partial charge is 0.0551 e. The molecule has 1 aliphatic rings. The van der Waals surface area contributed by atoms with E-state index in [1.807, 2.05) is 6.07 Å². The van der Waals surface area contributed by atoms with Crippen molar-refractivity contribution < 1.29 is 0 Å². The zero-order chi connectivity index (χ0) is 13.8. The van der Waals surface area contributed by atoms with Gasteiger partial charge in [0.15, 0.2) is 0 Å². The van der Waals surface area contributed by atoms with Crippen molar-refractivity contribution >= 4 is 27.5 Å². The summed E-state index contributed by atoms with van der Waals surface area (Å²) in [5.41, 5.74) is 7.67. The maximum atomic E-state index is 6.42. The lowest BCUT2D eigenvalue weighted by atomic mass is 9.96. The second-order valence-electron chi connectivity index (χ2n) is 5.31. The van der Waals surface area contributed by atoms with Crippen molar-refractivity contribution in [1.82, 2.24) is 4.90 Å². The van der Waals surface area contributed by atoms with Crippen molar-refractivity contribution in [2.24, 2.45) is 5.73 Å². The SMILES string of the molecule is CCCN1CCCCC(N)C1c1ccc(Br)c(Cl)c1. The molecular weight excluding hydrogens is 324 g/mol. The van der Waals surface area contributed by atoms with Gasteiger partial charge in [-0.15, -0.1) is 0 Å². The van der Waals surface area contributed by atoms with E-state index < -0.39 is 0 Å². The Labute approximate surface area is 129 Å². The molecule has 0 radical (unpaired) electrons. The van der Waals surface area contributed by atoms with Crippen LogP contribution in [-0.2, 0) is 0 Å². The van der Waals surface area contributed by atoms with Crippen LogP contribution < -0.4 is 5.73 Å². The largest absolute Gasteiger partial charge is 0.326 e. The number of likely N-dealkylation sites (tertiary alicyclic amines) is 1. The predicted octanol–water partition coefficient (Wildman–Crippen LogP) is 4.37. The first-order valence-corrected chi connectivity index (χ1v) is 8.25. The molecule has 1 saturated heterocycles. The summed E-state index contributed by atoms with van der Waals surface area (Å²) in [7, 11) is 0. The highest BCUT2D eigenvalue weighted by Gasteiger charge is 2.28. The van der Waals surface area contributed by atoms with Crippen LogP contribution in [0, 0.1) is 0 Å². The first-order valence-electron chi connectivity index (χ1n) is 7.08. The molecule has 2 unspecified atom stereocenters. The molecule has 0 saturated carbocycles. The van der Waals surface area contributed by atoms with Gasteiger partial charge >= 0.3 is 0 Å². The van der Waals surface area contributed by atoms with Crippen LogP contribution in [0.2, 0.25) is 5.02 Å². The van der Waals surface area contributed by atoms with Gasteiger partial charge in [0.05, 0.1) is 5.02 Å². The summed E-state index contributed by atoms with van der Waals surface area (Å²) < 4.78 is 0.946. The molecule has 1 aromatic carbocycles. The maximum absolute atomic E-state index is 6.42. The van der Waals surface area contributed by atoms with Crippen molar-refractivity contribution in [2.45, 2.75) is 44.7 Å². The Hall–Kier alpha value is -0.0900. The molecule has 1 aliphatic heterocycles. The molecule has 0 aliphatic carbocycles.